The lowest BCUT2D eigenvalue weighted by Crippen LogP contribution is -2.51. The van der Waals surface area contributed by atoms with Gasteiger partial charge in [-0.15, -0.1) is 0 Å². The monoisotopic (exact) mass is 382 g/mol. The molecule has 1 aliphatic carbocycles. The third-order valence-electron chi connectivity index (χ3n) is 5.16. The molecule has 7 heteroatoms. The van der Waals surface area contributed by atoms with Crippen LogP contribution in [0, 0.1) is 0 Å². The van der Waals surface area contributed by atoms with Crippen LogP contribution in [-0.4, -0.2) is 32.7 Å². The van der Waals surface area contributed by atoms with Crippen LogP contribution in [-0.2, 0) is 16.0 Å². The van der Waals surface area contributed by atoms with Crippen molar-refractivity contribution in [3.8, 4) is 5.69 Å². The van der Waals surface area contributed by atoms with E-state index in [9.17, 15) is 9.59 Å². The van der Waals surface area contributed by atoms with Crippen molar-refractivity contribution in [2.24, 2.45) is 0 Å². The fourth-order valence-corrected chi connectivity index (χ4v) is 3.63. The summed E-state index contributed by atoms with van der Waals surface area (Å²) in [6.45, 7) is 5.40. The molecule has 0 radical (unpaired) electrons. The molecule has 2 heterocycles. The Bertz CT molecular complexity index is 908. The Morgan fingerprint density at radius 1 is 1.25 bits per heavy atom. The van der Waals surface area contributed by atoms with Gasteiger partial charge in [-0.05, 0) is 58.1 Å². The van der Waals surface area contributed by atoms with Crippen molar-refractivity contribution < 1.29 is 14.3 Å². The van der Waals surface area contributed by atoms with E-state index in [4.69, 9.17) is 4.74 Å². The predicted octanol–water partition coefficient (Wildman–Crippen LogP) is 3.03. The van der Waals surface area contributed by atoms with E-state index in [0.29, 0.717) is 12.8 Å². The normalized spacial score (nSPS) is 19.6. The molecule has 0 bridgehead atoms. The van der Waals surface area contributed by atoms with Crippen molar-refractivity contribution in [3.63, 3.8) is 0 Å². The highest BCUT2D eigenvalue weighted by Crippen LogP contribution is 2.37. The van der Waals surface area contributed by atoms with E-state index < -0.39 is 17.2 Å². The molecule has 2 aromatic rings. The quantitative estimate of drug-likeness (QED) is 0.854. The second-order valence-electron chi connectivity index (χ2n) is 8.56. The van der Waals surface area contributed by atoms with Gasteiger partial charge in [0.2, 0.25) is 5.91 Å². The Kier molecular flexibility index (Phi) is 4.40. The molecule has 28 heavy (non-hydrogen) atoms. The first-order chi connectivity index (χ1) is 13.3. The van der Waals surface area contributed by atoms with Gasteiger partial charge in [0.1, 0.15) is 17.0 Å². The summed E-state index contributed by atoms with van der Waals surface area (Å²) in [5.41, 5.74) is 0.846. The van der Waals surface area contributed by atoms with Gasteiger partial charge in [-0.25, -0.2) is 9.78 Å². The highest BCUT2D eigenvalue weighted by Gasteiger charge is 2.52. The first kappa shape index (κ1) is 18.5. The first-order valence-corrected chi connectivity index (χ1v) is 9.71. The smallest absolute Gasteiger partial charge is 0.408 e. The lowest BCUT2D eigenvalue weighted by molar-refractivity contribution is -0.125. The number of hydrogen-bond acceptors (Lipinski definition) is 4. The summed E-state index contributed by atoms with van der Waals surface area (Å²) in [6, 6.07) is 7.99. The predicted molar refractivity (Wildman–Crippen MR) is 104 cm³/mol. The largest absolute Gasteiger partial charge is 0.444 e. The van der Waals surface area contributed by atoms with Gasteiger partial charge in [-0.1, -0.05) is 18.2 Å². The maximum absolute atomic E-state index is 13.0. The maximum atomic E-state index is 13.0. The summed E-state index contributed by atoms with van der Waals surface area (Å²) in [6.07, 6.45) is 5.93. The second-order valence-corrected chi connectivity index (χ2v) is 8.56. The molecule has 2 amide bonds. The van der Waals surface area contributed by atoms with E-state index in [2.05, 4.69) is 27.8 Å². The van der Waals surface area contributed by atoms with E-state index >= 15 is 0 Å². The molecular weight excluding hydrogens is 356 g/mol. The molecule has 7 nitrogen and oxygen atoms in total. The number of aryl methyl sites for hydroxylation is 1. The van der Waals surface area contributed by atoms with Gasteiger partial charge in [0, 0.05) is 18.1 Å². The Morgan fingerprint density at radius 3 is 2.71 bits per heavy atom. The van der Waals surface area contributed by atoms with Crippen molar-refractivity contribution >= 4 is 12.0 Å². The van der Waals surface area contributed by atoms with E-state index in [-0.39, 0.29) is 11.9 Å². The Hall–Kier alpha value is -2.83. The molecule has 0 saturated heterocycles. The van der Waals surface area contributed by atoms with Gasteiger partial charge in [-0.3, -0.25) is 4.79 Å². The second kappa shape index (κ2) is 6.65. The first-order valence-electron chi connectivity index (χ1n) is 9.71. The standard InChI is InChI=1S/C21H26N4O3/c1-20(2,3)28-19(27)24-21(10-11-21)18(26)23-15-9-8-14-6-4-5-7-16(14)25-13-12-22-17(15)25/h4-7,12-13,15H,8-11H2,1-3H3,(H,23,26)(H,24,27). The van der Waals surface area contributed by atoms with Gasteiger partial charge >= 0.3 is 6.09 Å². The number of carbonyl (C=O) groups excluding carboxylic acids is 2. The fourth-order valence-electron chi connectivity index (χ4n) is 3.63. The molecule has 1 aliphatic heterocycles. The van der Waals surface area contributed by atoms with Gasteiger partial charge in [0.25, 0.3) is 0 Å². The van der Waals surface area contributed by atoms with Crippen molar-refractivity contribution in [2.75, 3.05) is 0 Å². The zero-order valence-corrected chi connectivity index (χ0v) is 16.5. The van der Waals surface area contributed by atoms with Crippen molar-refractivity contribution in [1.82, 2.24) is 20.2 Å². The van der Waals surface area contributed by atoms with Gasteiger partial charge < -0.3 is 19.9 Å². The third kappa shape index (κ3) is 3.61. The number of aromatic nitrogens is 2. The summed E-state index contributed by atoms with van der Waals surface area (Å²) in [4.78, 5) is 29.6. The number of nitrogens with zero attached hydrogens (tertiary/aromatic N) is 2. The van der Waals surface area contributed by atoms with Crippen LogP contribution in [0.2, 0.25) is 0 Å². The lowest BCUT2D eigenvalue weighted by atomic mass is 10.0. The van der Waals surface area contributed by atoms with E-state index in [1.807, 2.05) is 22.9 Å². The molecule has 1 fully saturated rings. The SMILES string of the molecule is CC(C)(C)OC(=O)NC1(C(=O)NC2CCc3ccccc3-n3ccnc32)CC1. The Morgan fingerprint density at radius 2 is 2.00 bits per heavy atom. The van der Waals surface area contributed by atoms with Crippen molar-refractivity contribution in [2.45, 2.75) is 63.6 Å². The average Bonchev–Trinajstić information content (AvgIpc) is 3.26. The number of ether oxygens (including phenoxy) is 1. The van der Waals surface area contributed by atoms with Crippen LogP contribution in [0.5, 0.6) is 0 Å². The minimum Gasteiger partial charge on any atom is -0.444 e. The minimum atomic E-state index is -0.876. The van der Waals surface area contributed by atoms with Crippen LogP contribution in [0.15, 0.2) is 36.7 Å². The Balaban J connectivity index is 1.49. The van der Waals surface area contributed by atoms with Crippen LogP contribution in [0.3, 0.4) is 0 Å². The lowest BCUT2D eigenvalue weighted by Gasteiger charge is -2.24. The van der Waals surface area contributed by atoms with Crippen LogP contribution in [0.4, 0.5) is 4.79 Å². The molecule has 1 aromatic carbocycles. The van der Waals surface area contributed by atoms with Crippen LogP contribution in [0.1, 0.15) is 57.5 Å². The summed E-state index contributed by atoms with van der Waals surface area (Å²) in [5, 5.41) is 5.88. The fraction of sp³-hybridized carbons (Fsp3) is 0.476. The van der Waals surface area contributed by atoms with Gasteiger partial charge in [-0.2, -0.15) is 0 Å². The molecule has 2 N–H and O–H groups in total. The highest BCUT2D eigenvalue weighted by molar-refractivity contribution is 5.93. The summed E-state index contributed by atoms with van der Waals surface area (Å²) >= 11 is 0. The van der Waals surface area contributed by atoms with E-state index in [0.717, 1.165) is 24.4 Å². The number of carbonyl (C=O) groups is 2. The van der Waals surface area contributed by atoms with Gasteiger partial charge in [0.15, 0.2) is 0 Å². The number of nitrogens with one attached hydrogen (secondary N) is 2. The van der Waals surface area contributed by atoms with Crippen LogP contribution < -0.4 is 10.6 Å². The van der Waals surface area contributed by atoms with E-state index in [1.165, 1.54) is 5.56 Å². The average molecular weight is 382 g/mol. The number of hydrogen-bond donors (Lipinski definition) is 2. The maximum Gasteiger partial charge on any atom is 0.408 e. The molecule has 1 unspecified atom stereocenters. The number of alkyl carbamates (subject to hydrolysis) is 1. The number of fused-ring (bicyclic) bond motifs is 3. The molecular formula is C21H26N4O3. The molecule has 1 saturated carbocycles. The minimum absolute atomic E-state index is 0.177. The number of para-hydroxylation sites is 1. The molecule has 2 aliphatic rings. The molecule has 1 aromatic heterocycles. The topological polar surface area (TPSA) is 85.2 Å². The molecule has 148 valence electrons. The number of benzene rings is 1. The third-order valence-corrected chi connectivity index (χ3v) is 5.16. The summed E-state index contributed by atoms with van der Waals surface area (Å²) < 4.78 is 7.35. The zero-order chi connectivity index (χ0) is 19.9. The van der Waals surface area contributed by atoms with Crippen molar-refractivity contribution in [3.05, 3.63) is 48.0 Å². The van der Waals surface area contributed by atoms with Gasteiger partial charge in [0.05, 0.1) is 6.04 Å². The number of rotatable bonds is 3. The Labute approximate surface area is 164 Å². The number of amides is 2. The number of imidazole rings is 1. The zero-order valence-electron chi connectivity index (χ0n) is 16.5. The molecule has 1 atom stereocenters. The molecule has 4 rings (SSSR count). The highest BCUT2D eigenvalue weighted by atomic mass is 16.6. The summed E-state index contributed by atoms with van der Waals surface area (Å²) in [5.74, 6) is 0.634. The summed E-state index contributed by atoms with van der Waals surface area (Å²) in [7, 11) is 0. The van der Waals surface area contributed by atoms with Crippen LogP contribution in [0.25, 0.3) is 5.69 Å². The van der Waals surface area contributed by atoms with Crippen LogP contribution >= 0.6 is 0 Å². The van der Waals surface area contributed by atoms with Crippen molar-refractivity contribution in [1.29, 1.82) is 0 Å². The van der Waals surface area contributed by atoms with E-state index in [1.54, 1.807) is 27.0 Å². The molecule has 0 spiro atoms.